The first-order chi connectivity index (χ1) is 16.7. The van der Waals surface area contributed by atoms with Crippen molar-refractivity contribution in [1.29, 1.82) is 0 Å². The van der Waals surface area contributed by atoms with E-state index in [0.29, 0.717) is 35.3 Å². The quantitative estimate of drug-likeness (QED) is 0.436. The van der Waals surface area contributed by atoms with Crippen LogP contribution in [0, 0.1) is 5.92 Å². The summed E-state index contributed by atoms with van der Waals surface area (Å²) in [4.78, 5) is 22.6. The Hall–Kier alpha value is -3.57. The number of hydrogen-bond donors (Lipinski definition) is 2. The van der Waals surface area contributed by atoms with Gasteiger partial charge in [0.25, 0.3) is 5.78 Å². The number of anilines is 2. The number of piperidine rings is 1. The third-order valence-corrected chi connectivity index (χ3v) is 6.76. The van der Waals surface area contributed by atoms with Gasteiger partial charge >= 0.3 is 0 Å². The van der Waals surface area contributed by atoms with Gasteiger partial charge in [0.15, 0.2) is 5.76 Å². The number of piperazine rings is 1. The Bertz CT molecular complexity index is 1240. The predicted octanol–water partition coefficient (Wildman–Crippen LogP) is 1.45. The molecule has 11 heteroatoms. The molecule has 176 valence electrons. The van der Waals surface area contributed by atoms with Crippen molar-refractivity contribution in [3.8, 4) is 11.6 Å². The molecular weight excluding hydrogens is 432 g/mol. The van der Waals surface area contributed by atoms with Gasteiger partial charge in [-0.2, -0.15) is 19.5 Å². The van der Waals surface area contributed by atoms with E-state index >= 15 is 0 Å². The van der Waals surface area contributed by atoms with Gasteiger partial charge < -0.3 is 20.4 Å². The molecule has 2 fully saturated rings. The summed E-state index contributed by atoms with van der Waals surface area (Å²) in [5, 5.41) is 8.00. The molecule has 0 amide bonds. The zero-order valence-corrected chi connectivity index (χ0v) is 18.9. The van der Waals surface area contributed by atoms with Crippen molar-refractivity contribution < 1.29 is 4.42 Å². The highest BCUT2D eigenvalue weighted by Gasteiger charge is 2.34. The molecule has 0 aliphatic carbocycles. The summed E-state index contributed by atoms with van der Waals surface area (Å²) in [5.41, 5.74) is 7.48. The van der Waals surface area contributed by atoms with E-state index in [2.05, 4.69) is 52.3 Å². The van der Waals surface area contributed by atoms with Gasteiger partial charge in [0.2, 0.25) is 17.7 Å². The Balaban J connectivity index is 1.08. The summed E-state index contributed by atoms with van der Waals surface area (Å²) < 4.78 is 6.86. The third-order valence-electron chi connectivity index (χ3n) is 6.76. The van der Waals surface area contributed by atoms with Gasteiger partial charge in [-0.1, -0.05) is 0 Å². The van der Waals surface area contributed by atoms with Crippen molar-refractivity contribution >= 4 is 17.7 Å². The molecule has 3 N–H and O–H groups in total. The van der Waals surface area contributed by atoms with Crippen LogP contribution in [-0.2, 0) is 6.54 Å². The number of fused-ring (bicyclic) bond motifs is 2. The first-order valence-corrected chi connectivity index (χ1v) is 11.8. The number of pyridine rings is 1. The minimum atomic E-state index is 0.275. The molecule has 0 unspecified atom stereocenters. The fourth-order valence-corrected chi connectivity index (χ4v) is 4.97. The van der Waals surface area contributed by atoms with Gasteiger partial charge in [-0.05, 0) is 55.1 Å². The highest BCUT2D eigenvalue weighted by atomic mass is 16.3. The average Bonchev–Trinajstić information content (AvgIpc) is 3.55. The highest BCUT2D eigenvalue weighted by Crippen LogP contribution is 2.27. The molecule has 34 heavy (non-hydrogen) atoms. The van der Waals surface area contributed by atoms with Gasteiger partial charge in [-0.25, -0.2) is 0 Å². The molecule has 4 aromatic heterocycles. The van der Waals surface area contributed by atoms with Crippen LogP contribution in [0.2, 0.25) is 0 Å². The van der Waals surface area contributed by atoms with Crippen LogP contribution in [0.1, 0.15) is 18.4 Å². The Morgan fingerprint density at radius 1 is 1.06 bits per heavy atom. The number of nitrogen functional groups attached to an aromatic ring is 1. The van der Waals surface area contributed by atoms with Crippen LogP contribution in [0.3, 0.4) is 0 Å². The number of furan rings is 1. The summed E-state index contributed by atoms with van der Waals surface area (Å²) in [5.74, 6) is 3.01. The molecule has 2 atom stereocenters. The summed E-state index contributed by atoms with van der Waals surface area (Å²) in [6.45, 7) is 5.80. The van der Waals surface area contributed by atoms with Gasteiger partial charge in [0, 0.05) is 51.2 Å². The van der Waals surface area contributed by atoms with Crippen molar-refractivity contribution in [3.05, 3.63) is 48.5 Å². The molecule has 11 nitrogen and oxygen atoms in total. The van der Waals surface area contributed by atoms with Crippen LogP contribution in [0.15, 0.2) is 47.3 Å². The fourth-order valence-electron chi connectivity index (χ4n) is 4.97. The minimum absolute atomic E-state index is 0.275. The summed E-state index contributed by atoms with van der Waals surface area (Å²) in [7, 11) is 0. The summed E-state index contributed by atoms with van der Waals surface area (Å²) in [6, 6.07) is 8.23. The number of aromatic nitrogens is 6. The van der Waals surface area contributed by atoms with Crippen LogP contribution in [0.4, 0.5) is 11.9 Å². The largest absolute Gasteiger partial charge is 0.461 e. The maximum atomic E-state index is 6.20. The molecular formula is C23H28N10O. The lowest BCUT2D eigenvalue weighted by atomic mass is 9.91. The molecule has 6 rings (SSSR count). The van der Waals surface area contributed by atoms with Gasteiger partial charge in [-0.15, -0.1) is 5.10 Å². The van der Waals surface area contributed by atoms with E-state index in [1.165, 1.54) is 22.9 Å². The lowest BCUT2D eigenvalue weighted by Crippen LogP contribution is -2.57. The number of hydrogen-bond acceptors (Lipinski definition) is 10. The van der Waals surface area contributed by atoms with E-state index in [1.54, 1.807) is 12.3 Å². The van der Waals surface area contributed by atoms with Crippen molar-refractivity contribution in [2.45, 2.75) is 25.4 Å². The SMILES string of the molecule is Nc1nc(N2CCN3C[C@H](CNCc4ccncc4)CC[C@H]3C2)nc2nc(-c3ccco3)nn12. The Kier molecular flexibility index (Phi) is 5.55. The molecule has 0 spiro atoms. The number of nitrogens with one attached hydrogen (secondary N) is 1. The molecule has 0 aromatic carbocycles. The molecule has 0 radical (unpaired) electrons. The van der Waals surface area contributed by atoms with Gasteiger partial charge in [0.05, 0.1) is 6.26 Å². The number of nitrogens with two attached hydrogens (primary N) is 1. The van der Waals surface area contributed by atoms with Crippen molar-refractivity contribution in [2.24, 2.45) is 5.92 Å². The lowest BCUT2D eigenvalue weighted by Gasteiger charge is -2.46. The Morgan fingerprint density at radius 2 is 1.97 bits per heavy atom. The Morgan fingerprint density at radius 3 is 2.82 bits per heavy atom. The molecule has 2 aliphatic rings. The Labute approximate surface area is 197 Å². The van der Waals surface area contributed by atoms with E-state index < -0.39 is 0 Å². The van der Waals surface area contributed by atoms with E-state index in [9.17, 15) is 0 Å². The maximum absolute atomic E-state index is 6.20. The summed E-state index contributed by atoms with van der Waals surface area (Å²) >= 11 is 0. The van der Waals surface area contributed by atoms with Crippen molar-refractivity contribution in [3.63, 3.8) is 0 Å². The highest BCUT2D eigenvalue weighted by molar-refractivity contribution is 5.53. The smallest absolute Gasteiger partial charge is 0.259 e. The van der Waals surface area contributed by atoms with E-state index in [0.717, 1.165) is 39.3 Å². The molecule has 0 bridgehead atoms. The number of nitrogens with zero attached hydrogens (tertiary/aromatic N) is 8. The van der Waals surface area contributed by atoms with Crippen LogP contribution < -0.4 is 16.0 Å². The molecule has 4 aromatic rings. The zero-order chi connectivity index (χ0) is 22.9. The van der Waals surface area contributed by atoms with Gasteiger partial charge in [-0.3, -0.25) is 9.88 Å². The zero-order valence-electron chi connectivity index (χ0n) is 18.9. The minimum Gasteiger partial charge on any atom is -0.461 e. The van der Waals surface area contributed by atoms with Crippen LogP contribution in [0.25, 0.3) is 17.4 Å². The lowest BCUT2D eigenvalue weighted by molar-refractivity contribution is 0.0945. The molecule has 2 aliphatic heterocycles. The first kappa shape index (κ1) is 21.0. The third kappa shape index (κ3) is 4.19. The van der Waals surface area contributed by atoms with Crippen LogP contribution in [-0.4, -0.2) is 73.2 Å². The van der Waals surface area contributed by atoms with E-state index in [-0.39, 0.29) is 5.95 Å². The standard InChI is InChI=1S/C23H28N10O/c24-21-28-22(29-23-27-20(30-33(21)23)19-2-1-11-34-19)32-10-9-31-14-17(3-4-18(31)15-32)13-26-12-16-5-7-25-8-6-16/h1-2,5-8,11,17-18,26H,3-4,9-10,12-15H2,(H2,24,27,28,29,30)/t17-,18-/m0/s1. The predicted molar refractivity (Wildman–Crippen MR) is 127 cm³/mol. The average molecular weight is 461 g/mol. The second-order valence-corrected chi connectivity index (χ2v) is 9.03. The van der Waals surface area contributed by atoms with Crippen molar-refractivity contribution in [2.75, 3.05) is 43.4 Å². The summed E-state index contributed by atoms with van der Waals surface area (Å²) in [6.07, 6.45) is 7.67. The fraction of sp³-hybridized carbons (Fsp3) is 0.435. The van der Waals surface area contributed by atoms with Crippen LogP contribution in [0.5, 0.6) is 0 Å². The van der Waals surface area contributed by atoms with E-state index in [4.69, 9.17) is 10.2 Å². The second kappa shape index (κ2) is 8.99. The normalized spacial score (nSPS) is 21.1. The molecule has 0 saturated carbocycles. The van der Waals surface area contributed by atoms with E-state index in [1.807, 2.05) is 18.5 Å². The van der Waals surface area contributed by atoms with Crippen LogP contribution >= 0.6 is 0 Å². The number of rotatable bonds is 6. The maximum Gasteiger partial charge on any atom is 0.259 e. The molecule has 2 saturated heterocycles. The van der Waals surface area contributed by atoms with Gasteiger partial charge in [0.1, 0.15) is 0 Å². The second-order valence-electron chi connectivity index (χ2n) is 9.03. The monoisotopic (exact) mass is 460 g/mol. The first-order valence-electron chi connectivity index (χ1n) is 11.8. The van der Waals surface area contributed by atoms with Crippen molar-refractivity contribution in [1.82, 2.24) is 39.8 Å². The topological polar surface area (TPSA) is 127 Å². The molecule has 6 heterocycles.